The van der Waals surface area contributed by atoms with Gasteiger partial charge in [0.15, 0.2) is 11.1 Å². The van der Waals surface area contributed by atoms with Gasteiger partial charge >= 0.3 is 0 Å². The summed E-state index contributed by atoms with van der Waals surface area (Å²) in [7, 11) is 1.54. The van der Waals surface area contributed by atoms with Crippen LogP contribution in [0, 0.1) is 6.92 Å². The van der Waals surface area contributed by atoms with E-state index in [1.807, 2.05) is 43.3 Å². The predicted octanol–water partition coefficient (Wildman–Crippen LogP) is 4.16. The van der Waals surface area contributed by atoms with E-state index < -0.39 is 5.56 Å². The second-order valence-corrected chi connectivity index (χ2v) is 8.12. The van der Waals surface area contributed by atoms with Crippen LogP contribution >= 0.6 is 0 Å². The molecule has 0 atom stereocenters. The van der Waals surface area contributed by atoms with Crippen molar-refractivity contribution in [3.05, 3.63) is 88.4 Å². The van der Waals surface area contributed by atoms with Gasteiger partial charge in [-0.2, -0.15) is 4.98 Å². The van der Waals surface area contributed by atoms with E-state index in [9.17, 15) is 9.90 Å². The Morgan fingerprint density at radius 3 is 2.81 bits per heavy atom. The number of aryl methyl sites for hydroxylation is 2. The third-order valence-corrected chi connectivity index (χ3v) is 5.81. The van der Waals surface area contributed by atoms with Gasteiger partial charge < -0.3 is 18.8 Å². The topological polar surface area (TPSA) is 129 Å². The number of nitrogens with zero attached hydrogens (tertiary/aromatic N) is 5. The molecule has 0 bridgehead atoms. The van der Waals surface area contributed by atoms with Crippen molar-refractivity contribution in [3.8, 4) is 28.8 Å². The lowest BCUT2D eigenvalue weighted by atomic mass is 10.1. The highest BCUT2D eigenvalue weighted by atomic mass is 16.5. The molecule has 36 heavy (non-hydrogen) atoms. The summed E-state index contributed by atoms with van der Waals surface area (Å²) >= 11 is 0. The number of hydrogen-bond donors (Lipinski definition) is 1. The van der Waals surface area contributed by atoms with Crippen molar-refractivity contribution < 1.29 is 18.8 Å². The van der Waals surface area contributed by atoms with Crippen LogP contribution in [0.1, 0.15) is 29.4 Å². The second-order valence-electron chi connectivity index (χ2n) is 8.12. The Hall–Kier alpha value is -4.73. The van der Waals surface area contributed by atoms with E-state index in [-0.39, 0.29) is 29.6 Å². The van der Waals surface area contributed by atoms with Crippen LogP contribution in [0.5, 0.6) is 11.6 Å². The van der Waals surface area contributed by atoms with E-state index in [4.69, 9.17) is 13.7 Å². The summed E-state index contributed by atoms with van der Waals surface area (Å²) in [5.41, 5.74) is 1.73. The summed E-state index contributed by atoms with van der Waals surface area (Å²) in [6.07, 6.45) is 2.83. The molecule has 0 aliphatic rings. The number of methoxy groups -OCH3 is 1. The lowest BCUT2D eigenvalue weighted by molar-refractivity contribution is 0.400. The van der Waals surface area contributed by atoms with Crippen LogP contribution in [0.15, 0.2) is 68.9 Å². The highest BCUT2D eigenvalue weighted by Gasteiger charge is 2.26. The van der Waals surface area contributed by atoms with Crippen LogP contribution in [-0.2, 0) is 12.8 Å². The quantitative estimate of drug-likeness (QED) is 0.322. The molecule has 3 heterocycles. The van der Waals surface area contributed by atoms with Crippen molar-refractivity contribution in [2.75, 3.05) is 7.11 Å². The van der Waals surface area contributed by atoms with E-state index in [1.54, 1.807) is 12.1 Å². The summed E-state index contributed by atoms with van der Waals surface area (Å²) in [4.78, 5) is 17.3. The van der Waals surface area contributed by atoms with Gasteiger partial charge in [-0.25, -0.2) is 0 Å². The van der Waals surface area contributed by atoms with Gasteiger partial charge in [0.05, 0.1) is 19.2 Å². The first kappa shape index (κ1) is 23.0. The van der Waals surface area contributed by atoms with Gasteiger partial charge in [0.2, 0.25) is 11.8 Å². The molecular weight excluding hydrogens is 462 g/mol. The van der Waals surface area contributed by atoms with E-state index in [0.29, 0.717) is 41.4 Å². The van der Waals surface area contributed by atoms with Crippen LogP contribution in [0.4, 0.5) is 0 Å². The van der Waals surface area contributed by atoms with Crippen molar-refractivity contribution >= 4 is 11.0 Å². The molecule has 2 aromatic carbocycles. The maximum Gasteiger partial charge on any atom is 0.289 e. The number of rotatable bonds is 8. The molecule has 0 spiro atoms. The normalized spacial score (nSPS) is 11.2. The maximum atomic E-state index is 13.1. The average molecular weight is 486 g/mol. The fraction of sp³-hybridized carbons (Fsp3) is 0.192. The highest BCUT2D eigenvalue weighted by molar-refractivity contribution is 5.79. The molecule has 0 radical (unpaired) electrons. The Morgan fingerprint density at radius 2 is 2.00 bits per heavy atom. The molecule has 0 fully saturated rings. The van der Waals surface area contributed by atoms with Gasteiger partial charge in [0.25, 0.3) is 11.4 Å². The standard InChI is InChI=1S/C26H23N5O5/c1-4-5-13-20-27-24(32)22(26(33)31(20)23-15(2)9-8-12-19(23)34-3)25-29-28-21(35-25)14-17-16-10-6-7-11-18(16)36-30-17/h4,6-12,33H,1,5,13-14H2,2-3H3. The number of para-hydroxylation sites is 2. The van der Waals surface area contributed by atoms with Crippen molar-refractivity contribution in [1.82, 2.24) is 24.9 Å². The minimum absolute atomic E-state index is 0.149. The minimum atomic E-state index is -0.683. The molecule has 0 aliphatic carbocycles. The number of fused-ring (bicyclic) bond motifs is 1. The number of benzene rings is 2. The Morgan fingerprint density at radius 1 is 1.17 bits per heavy atom. The number of aromatic nitrogens is 5. The van der Waals surface area contributed by atoms with E-state index >= 15 is 0 Å². The average Bonchev–Trinajstić information content (AvgIpc) is 3.50. The lowest BCUT2D eigenvalue weighted by Gasteiger charge is -2.20. The number of allylic oxidation sites excluding steroid dienone is 1. The van der Waals surface area contributed by atoms with Gasteiger partial charge in [-0.1, -0.05) is 35.5 Å². The Labute approximate surface area is 205 Å². The minimum Gasteiger partial charge on any atom is -0.495 e. The van der Waals surface area contributed by atoms with Gasteiger partial charge in [-0.3, -0.25) is 9.36 Å². The van der Waals surface area contributed by atoms with Crippen LogP contribution < -0.4 is 10.3 Å². The molecule has 3 aromatic heterocycles. The molecule has 0 saturated carbocycles. The first-order valence-corrected chi connectivity index (χ1v) is 11.3. The maximum absolute atomic E-state index is 13.1. The van der Waals surface area contributed by atoms with Crippen molar-refractivity contribution in [3.63, 3.8) is 0 Å². The molecule has 0 amide bonds. The second kappa shape index (κ2) is 9.49. The molecule has 10 nitrogen and oxygen atoms in total. The monoisotopic (exact) mass is 485 g/mol. The molecule has 5 aromatic rings. The van der Waals surface area contributed by atoms with Crippen molar-refractivity contribution in [2.24, 2.45) is 0 Å². The zero-order valence-corrected chi connectivity index (χ0v) is 19.8. The molecule has 0 unspecified atom stereocenters. The van der Waals surface area contributed by atoms with Gasteiger partial charge in [0.1, 0.15) is 17.3 Å². The van der Waals surface area contributed by atoms with E-state index in [1.165, 1.54) is 11.7 Å². The molecular formula is C26H23N5O5. The lowest BCUT2D eigenvalue weighted by Crippen LogP contribution is -2.20. The molecule has 10 heteroatoms. The van der Waals surface area contributed by atoms with Gasteiger partial charge in [-0.15, -0.1) is 16.8 Å². The van der Waals surface area contributed by atoms with Crippen LogP contribution in [0.3, 0.4) is 0 Å². The van der Waals surface area contributed by atoms with Crippen LogP contribution in [0.2, 0.25) is 0 Å². The zero-order valence-electron chi connectivity index (χ0n) is 19.8. The molecule has 5 rings (SSSR count). The summed E-state index contributed by atoms with van der Waals surface area (Å²) in [5.74, 6) is 0.542. The first-order valence-electron chi connectivity index (χ1n) is 11.3. The van der Waals surface area contributed by atoms with Crippen molar-refractivity contribution in [1.29, 1.82) is 0 Å². The zero-order chi connectivity index (χ0) is 25.2. The summed E-state index contributed by atoms with van der Waals surface area (Å²) in [6, 6.07) is 12.9. The van der Waals surface area contributed by atoms with Gasteiger partial charge in [-0.05, 0) is 37.1 Å². The first-order chi connectivity index (χ1) is 17.5. The molecule has 1 N–H and O–H groups in total. The Bertz CT molecular complexity index is 1630. The van der Waals surface area contributed by atoms with E-state index in [0.717, 1.165) is 10.9 Å². The SMILES string of the molecule is C=CCCc1nc(=O)c(-c2nnc(Cc3noc4ccccc34)o2)c(O)n1-c1c(C)cccc1OC. The van der Waals surface area contributed by atoms with Gasteiger partial charge in [0, 0.05) is 11.8 Å². The number of aromatic hydroxyl groups is 1. The third kappa shape index (κ3) is 4.02. The van der Waals surface area contributed by atoms with Crippen molar-refractivity contribution in [2.45, 2.75) is 26.2 Å². The summed E-state index contributed by atoms with van der Waals surface area (Å²) in [6.45, 7) is 5.62. The predicted molar refractivity (Wildman–Crippen MR) is 131 cm³/mol. The summed E-state index contributed by atoms with van der Waals surface area (Å²) < 4.78 is 18.2. The van der Waals surface area contributed by atoms with E-state index in [2.05, 4.69) is 26.9 Å². The smallest absolute Gasteiger partial charge is 0.289 e. The fourth-order valence-electron chi connectivity index (χ4n) is 4.09. The number of hydrogen-bond acceptors (Lipinski definition) is 9. The van der Waals surface area contributed by atoms with Crippen LogP contribution in [-0.4, -0.2) is 37.1 Å². The number of ether oxygens (including phenoxy) is 1. The Balaban J connectivity index is 1.62. The molecule has 182 valence electrons. The van der Waals surface area contributed by atoms with Crippen LogP contribution in [0.25, 0.3) is 28.1 Å². The third-order valence-electron chi connectivity index (χ3n) is 5.81. The molecule has 0 saturated heterocycles. The summed E-state index contributed by atoms with van der Waals surface area (Å²) in [5, 5.41) is 24.4. The Kier molecular flexibility index (Phi) is 6.07. The fourth-order valence-corrected chi connectivity index (χ4v) is 4.09. The largest absolute Gasteiger partial charge is 0.495 e. The molecule has 0 aliphatic heterocycles. The highest BCUT2D eigenvalue weighted by Crippen LogP contribution is 2.34.